The molecule has 0 aromatic rings. The van der Waals surface area contributed by atoms with Gasteiger partial charge in [0.1, 0.15) is 0 Å². The first-order valence-corrected chi connectivity index (χ1v) is 5.00. The molecule has 0 atom stereocenters. The summed E-state index contributed by atoms with van der Waals surface area (Å²) in [6, 6.07) is 0. The molecule has 2 fully saturated rings. The van der Waals surface area contributed by atoms with E-state index in [-0.39, 0.29) is 37.9 Å². The Morgan fingerprint density at radius 3 is 0.462 bits per heavy atom. The van der Waals surface area contributed by atoms with Crippen molar-refractivity contribution < 1.29 is 0 Å². The van der Waals surface area contributed by atoms with Crippen LogP contribution in [0.1, 0.15) is 64.2 Å². The first-order chi connectivity index (χ1) is 5.00. The van der Waals surface area contributed by atoms with Crippen molar-refractivity contribution >= 4 is 23.1 Å². The second-order valence-corrected chi connectivity index (χ2v) is 3.54. The molecule has 0 spiro atoms. The van der Waals surface area contributed by atoms with Crippen LogP contribution in [0.25, 0.3) is 0 Å². The zero-order valence-corrected chi connectivity index (χ0v) is 11.2. The Balaban J connectivity index is -0.000000125. The van der Waals surface area contributed by atoms with E-state index in [9.17, 15) is 0 Å². The summed E-state index contributed by atoms with van der Waals surface area (Å²) in [5.74, 6) is 0. The van der Waals surface area contributed by atoms with Crippen molar-refractivity contribution in [3.8, 4) is 0 Å². The molecule has 2 saturated carbocycles. The summed E-state index contributed by atoms with van der Waals surface area (Å²) >= 11 is 0. The Morgan fingerprint density at radius 2 is 0.385 bits per heavy atom. The van der Waals surface area contributed by atoms with Crippen LogP contribution >= 0.6 is 0 Å². The van der Waals surface area contributed by atoms with E-state index in [1.54, 1.807) is 0 Å². The van der Waals surface area contributed by atoms with Gasteiger partial charge in [0.05, 0.1) is 0 Å². The van der Waals surface area contributed by atoms with E-state index in [0.29, 0.717) is 0 Å². The number of hydrogen-bond acceptors (Lipinski definition) is 0. The fourth-order valence-corrected chi connectivity index (χ4v) is 1.77. The summed E-state index contributed by atoms with van der Waals surface area (Å²) < 4.78 is 0. The van der Waals surface area contributed by atoms with Gasteiger partial charge in [0, 0.05) is 0 Å². The molecule has 0 heterocycles. The Kier molecular flexibility index (Phi) is 22.7. The minimum atomic E-state index is 0. The average Bonchev–Trinajstić information content (AvgIpc) is 2.67. The van der Waals surface area contributed by atoms with Crippen LogP contribution in [0.3, 0.4) is 0 Å². The summed E-state index contributed by atoms with van der Waals surface area (Å²) in [4.78, 5) is 0. The third-order valence-corrected chi connectivity index (χ3v) is 2.50. The van der Waals surface area contributed by atoms with Crippen LogP contribution in [0.2, 0.25) is 0 Å². The van der Waals surface area contributed by atoms with Gasteiger partial charge in [-0.05, 0) is 0 Å². The second kappa shape index (κ2) is 15.2. The molecule has 0 aliphatic heterocycles. The monoisotopic (exact) mass is 194 g/mol. The quantitative estimate of drug-likeness (QED) is 0.396. The Labute approximate surface area is 102 Å². The Morgan fingerprint density at radius 1 is 0.308 bits per heavy atom. The maximum absolute atomic E-state index is 1.50. The van der Waals surface area contributed by atoms with E-state index in [1.165, 1.54) is 64.2 Å². The fraction of sp³-hybridized carbons (Fsp3) is 0.833. The molecule has 2 aliphatic carbocycles. The molecule has 0 N–H and O–H groups in total. The van der Waals surface area contributed by atoms with Gasteiger partial charge in [0.2, 0.25) is 0 Å². The van der Waals surface area contributed by atoms with E-state index in [0.717, 1.165) is 0 Å². The molecule has 1 heteroatoms. The predicted molar refractivity (Wildman–Crippen MR) is 64.8 cm³/mol. The van der Waals surface area contributed by atoms with Crippen LogP contribution in [0.5, 0.6) is 0 Å². The smallest absolute Gasteiger partial charge is 0.358 e. The fourth-order valence-electron chi connectivity index (χ4n) is 1.77. The SMILES string of the molecule is C1CCCC1.C1CCCC1.[CH3-].[CH3-].[Mg+2]. The molecule has 76 valence electrons. The third-order valence-electron chi connectivity index (χ3n) is 2.50. The molecule has 2 aliphatic rings. The van der Waals surface area contributed by atoms with Crippen molar-refractivity contribution in [1.82, 2.24) is 0 Å². The minimum Gasteiger partial charge on any atom is -0.358 e. The van der Waals surface area contributed by atoms with E-state index >= 15 is 0 Å². The van der Waals surface area contributed by atoms with Gasteiger partial charge in [-0.15, -0.1) is 0 Å². The second-order valence-electron chi connectivity index (χ2n) is 3.54. The van der Waals surface area contributed by atoms with Gasteiger partial charge >= 0.3 is 23.1 Å². The summed E-state index contributed by atoms with van der Waals surface area (Å²) in [6.07, 6.45) is 15.0. The maximum Gasteiger partial charge on any atom is 2.00 e. The largest absolute Gasteiger partial charge is 2.00 e. The van der Waals surface area contributed by atoms with Crippen LogP contribution < -0.4 is 0 Å². The van der Waals surface area contributed by atoms with Crippen LogP contribution in [0, 0.1) is 14.9 Å². The Hall–Kier alpha value is 0.766. The molecular weight excluding hydrogens is 168 g/mol. The predicted octanol–water partition coefficient (Wildman–Crippen LogP) is 4.42. The van der Waals surface area contributed by atoms with Gasteiger partial charge in [0.25, 0.3) is 0 Å². The molecule has 13 heavy (non-hydrogen) atoms. The van der Waals surface area contributed by atoms with Crippen molar-refractivity contribution in [1.29, 1.82) is 0 Å². The van der Waals surface area contributed by atoms with Crippen LogP contribution in [-0.4, -0.2) is 23.1 Å². The van der Waals surface area contributed by atoms with Crippen molar-refractivity contribution in [2.45, 2.75) is 64.2 Å². The van der Waals surface area contributed by atoms with Crippen molar-refractivity contribution in [3.05, 3.63) is 14.9 Å². The normalized spacial score (nSPS) is 18.5. The Bertz CT molecular complexity index is 38.3. The summed E-state index contributed by atoms with van der Waals surface area (Å²) in [5, 5.41) is 0. The summed E-state index contributed by atoms with van der Waals surface area (Å²) in [6.45, 7) is 0. The molecule has 0 amide bonds. The van der Waals surface area contributed by atoms with Crippen molar-refractivity contribution in [3.63, 3.8) is 0 Å². The summed E-state index contributed by atoms with van der Waals surface area (Å²) in [5.41, 5.74) is 0. The first kappa shape index (κ1) is 19.4. The molecule has 0 saturated heterocycles. The molecule has 0 radical (unpaired) electrons. The van der Waals surface area contributed by atoms with E-state index in [2.05, 4.69) is 0 Å². The van der Waals surface area contributed by atoms with E-state index in [1.807, 2.05) is 0 Å². The molecule has 2 rings (SSSR count). The van der Waals surface area contributed by atoms with E-state index in [4.69, 9.17) is 0 Å². The average molecular weight is 195 g/mol. The van der Waals surface area contributed by atoms with Gasteiger partial charge in [-0.25, -0.2) is 0 Å². The molecular formula is C12H26Mg. The summed E-state index contributed by atoms with van der Waals surface area (Å²) in [7, 11) is 0. The molecule has 0 nitrogen and oxygen atoms in total. The van der Waals surface area contributed by atoms with Gasteiger partial charge in [-0.2, -0.15) is 0 Å². The van der Waals surface area contributed by atoms with Gasteiger partial charge < -0.3 is 14.9 Å². The van der Waals surface area contributed by atoms with E-state index < -0.39 is 0 Å². The first-order valence-electron chi connectivity index (χ1n) is 5.00. The van der Waals surface area contributed by atoms with Gasteiger partial charge in [0.15, 0.2) is 0 Å². The third kappa shape index (κ3) is 12.8. The molecule has 0 unspecified atom stereocenters. The van der Waals surface area contributed by atoms with Gasteiger partial charge in [-0.1, -0.05) is 64.2 Å². The van der Waals surface area contributed by atoms with Crippen molar-refractivity contribution in [2.24, 2.45) is 0 Å². The van der Waals surface area contributed by atoms with Gasteiger partial charge in [-0.3, -0.25) is 0 Å². The standard InChI is InChI=1S/2C5H10.2CH3.Mg/c2*1-2-4-5-3-1;;;/h2*1-5H2;2*1H3;/q;;2*-1;+2. The van der Waals surface area contributed by atoms with Crippen LogP contribution in [0.15, 0.2) is 0 Å². The minimum absolute atomic E-state index is 0. The molecule has 0 aromatic carbocycles. The van der Waals surface area contributed by atoms with Crippen LogP contribution in [-0.2, 0) is 0 Å². The molecule has 0 aromatic heterocycles. The van der Waals surface area contributed by atoms with Crippen molar-refractivity contribution in [2.75, 3.05) is 0 Å². The zero-order valence-electron chi connectivity index (χ0n) is 9.78. The molecule has 0 bridgehead atoms. The maximum atomic E-state index is 1.50. The van der Waals surface area contributed by atoms with Crippen LogP contribution in [0.4, 0.5) is 0 Å². The number of rotatable bonds is 0. The number of hydrogen-bond donors (Lipinski definition) is 0. The topological polar surface area (TPSA) is 0 Å². The zero-order chi connectivity index (χ0) is 7.07.